The van der Waals surface area contributed by atoms with Crippen molar-refractivity contribution < 1.29 is 36.1 Å². The average Bonchev–Trinajstić information content (AvgIpc) is 3.03. The largest absolute Gasteiger partial charge is 1.00 e. The summed E-state index contributed by atoms with van der Waals surface area (Å²) in [5.41, 5.74) is 0.832. The fraction of sp³-hybridized carbons (Fsp3) is 0.350. The van der Waals surface area contributed by atoms with Crippen molar-refractivity contribution in [1.29, 1.82) is 0 Å². The molecule has 3 aliphatic rings. The second kappa shape index (κ2) is 7.89. The van der Waals surface area contributed by atoms with E-state index in [0.29, 0.717) is 25.5 Å². The van der Waals surface area contributed by atoms with E-state index in [-0.39, 0.29) is 17.0 Å². The molecular formula is C20H20Br2N2O3S. The van der Waals surface area contributed by atoms with Crippen LogP contribution in [0.1, 0.15) is 12.0 Å². The Kier molecular flexibility index (Phi) is 5.66. The summed E-state index contributed by atoms with van der Waals surface area (Å²) in [5.74, 6) is 2.52. The number of halogens is 2. The molecule has 0 radical (unpaired) electrons. The lowest BCUT2D eigenvalue weighted by molar-refractivity contribution is -0.656. The minimum Gasteiger partial charge on any atom is -1.00 e. The number of nitrogens with zero attached hydrogens (tertiary/aromatic N) is 2. The zero-order chi connectivity index (χ0) is 18.4. The van der Waals surface area contributed by atoms with Crippen molar-refractivity contribution >= 4 is 38.5 Å². The molecule has 2 aromatic carbocycles. The molecule has 0 fully saturated rings. The molecule has 28 heavy (non-hydrogen) atoms. The number of rotatable bonds is 2. The molecule has 0 bridgehead atoms. The molecule has 0 spiro atoms. The summed E-state index contributed by atoms with van der Waals surface area (Å²) in [5, 5.41) is 12.9. The van der Waals surface area contributed by atoms with Gasteiger partial charge in [0, 0.05) is 15.8 Å². The smallest absolute Gasteiger partial charge is 0.316 e. The second-order valence-corrected chi connectivity index (χ2v) is 8.85. The van der Waals surface area contributed by atoms with Crippen LogP contribution in [0.4, 0.5) is 5.69 Å². The van der Waals surface area contributed by atoms with E-state index >= 15 is 0 Å². The summed E-state index contributed by atoms with van der Waals surface area (Å²) in [7, 11) is 0. The number of anilines is 1. The maximum atomic E-state index is 11.8. The second-order valence-electron chi connectivity index (χ2n) is 6.87. The number of amidine groups is 1. The third-order valence-corrected chi connectivity index (χ3v) is 6.91. The van der Waals surface area contributed by atoms with Crippen molar-refractivity contribution in [3.8, 4) is 11.5 Å². The Hall–Kier alpha value is -1.22. The van der Waals surface area contributed by atoms with Crippen molar-refractivity contribution in [1.82, 2.24) is 0 Å². The fourth-order valence-electron chi connectivity index (χ4n) is 3.86. The van der Waals surface area contributed by atoms with Gasteiger partial charge in [0.05, 0.1) is 6.54 Å². The van der Waals surface area contributed by atoms with Gasteiger partial charge in [-0.25, -0.2) is 9.48 Å². The SMILES string of the molecule is OC1(c2ccc3c(c2)OCCO3)CN(c2ccc(Br)cc2)C2=[N+]1CCCS2.[Br-]. The van der Waals surface area contributed by atoms with Crippen molar-refractivity contribution in [2.75, 3.05) is 37.0 Å². The van der Waals surface area contributed by atoms with Crippen LogP contribution in [-0.2, 0) is 5.72 Å². The summed E-state index contributed by atoms with van der Waals surface area (Å²) in [4.78, 5) is 2.22. The summed E-state index contributed by atoms with van der Waals surface area (Å²) in [6, 6.07) is 14.0. The summed E-state index contributed by atoms with van der Waals surface area (Å²) in [6.07, 6.45) is 1.05. The predicted molar refractivity (Wildman–Crippen MR) is 110 cm³/mol. The van der Waals surface area contributed by atoms with E-state index in [4.69, 9.17) is 9.47 Å². The van der Waals surface area contributed by atoms with E-state index in [2.05, 4.69) is 37.5 Å². The van der Waals surface area contributed by atoms with Crippen LogP contribution in [0.2, 0.25) is 0 Å². The zero-order valence-corrected chi connectivity index (χ0v) is 19.1. The molecule has 8 heteroatoms. The summed E-state index contributed by atoms with van der Waals surface area (Å²) in [6.45, 7) is 2.42. The monoisotopic (exact) mass is 526 g/mol. The Morgan fingerprint density at radius 3 is 2.61 bits per heavy atom. The number of ether oxygens (including phenoxy) is 2. The maximum absolute atomic E-state index is 11.8. The molecule has 1 atom stereocenters. The van der Waals surface area contributed by atoms with Gasteiger partial charge in [-0.05, 0) is 60.6 Å². The Morgan fingerprint density at radius 2 is 1.82 bits per heavy atom. The molecular weight excluding hydrogens is 508 g/mol. The molecule has 0 aromatic heterocycles. The first-order chi connectivity index (χ1) is 13.1. The highest BCUT2D eigenvalue weighted by atomic mass is 79.9. The summed E-state index contributed by atoms with van der Waals surface area (Å²) < 4.78 is 14.6. The standard InChI is InChI=1S/C20H20BrN2O3S.BrH/c21-15-3-5-16(6-4-15)22-13-20(24,23-8-1-11-27-19(22)23)14-2-7-17-18(12-14)26-10-9-25-17;/h2-7,12,24H,1,8-11,13H2;1H/q+1;/p-1. The van der Waals surface area contributed by atoms with E-state index < -0.39 is 5.72 Å². The number of aliphatic hydroxyl groups is 1. The number of thioether (sulfide) groups is 1. The van der Waals surface area contributed by atoms with Crippen LogP contribution in [0.15, 0.2) is 46.9 Å². The molecule has 0 saturated carbocycles. The van der Waals surface area contributed by atoms with Crippen LogP contribution in [-0.4, -0.2) is 46.9 Å². The Balaban J connectivity index is 0.00000192. The number of fused-ring (bicyclic) bond motifs is 1. The van der Waals surface area contributed by atoms with Gasteiger partial charge in [-0.2, -0.15) is 0 Å². The molecule has 1 N–H and O–H groups in total. The predicted octanol–water partition coefficient (Wildman–Crippen LogP) is 0.395. The van der Waals surface area contributed by atoms with Gasteiger partial charge in [-0.1, -0.05) is 15.9 Å². The molecule has 5 nitrogen and oxygen atoms in total. The number of β-amino-alcohol motifs (C(OH)–C–C–N with tert-alkyl or cyclic N) is 1. The van der Waals surface area contributed by atoms with Crippen molar-refractivity contribution in [3.05, 3.63) is 52.5 Å². The van der Waals surface area contributed by atoms with E-state index in [1.165, 1.54) is 0 Å². The Labute approximate surface area is 187 Å². The highest BCUT2D eigenvalue weighted by molar-refractivity contribution is 9.10. The van der Waals surface area contributed by atoms with E-state index in [1.54, 1.807) is 0 Å². The topological polar surface area (TPSA) is 44.9 Å². The van der Waals surface area contributed by atoms with Gasteiger partial charge in [-0.15, -0.1) is 0 Å². The molecule has 0 aliphatic carbocycles. The molecule has 1 unspecified atom stereocenters. The fourth-order valence-corrected chi connectivity index (χ4v) is 5.31. The molecule has 3 heterocycles. The molecule has 5 rings (SSSR count). The van der Waals surface area contributed by atoms with Gasteiger partial charge in [0.2, 0.25) is 0 Å². The molecule has 3 aliphatic heterocycles. The number of benzene rings is 2. The number of hydrogen-bond acceptors (Lipinski definition) is 5. The van der Waals surface area contributed by atoms with Gasteiger partial charge in [0.15, 0.2) is 18.0 Å². The number of hydrogen-bond donors (Lipinski definition) is 1. The van der Waals surface area contributed by atoms with Crippen LogP contribution >= 0.6 is 27.7 Å². The average molecular weight is 528 g/mol. The normalized spacial score (nSPS) is 23.3. The van der Waals surface area contributed by atoms with Crippen LogP contribution in [0.25, 0.3) is 0 Å². The minimum absolute atomic E-state index is 0. The van der Waals surface area contributed by atoms with Gasteiger partial charge >= 0.3 is 5.17 Å². The highest BCUT2D eigenvalue weighted by Gasteiger charge is 2.53. The Bertz CT molecular complexity index is 922. The van der Waals surface area contributed by atoms with Gasteiger partial charge in [0.25, 0.3) is 5.72 Å². The Morgan fingerprint density at radius 1 is 1.07 bits per heavy atom. The van der Waals surface area contributed by atoms with E-state index in [1.807, 2.05) is 42.1 Å². The molecule has 0 amide bonds. The first-order valence-corrected chi connectivity index (χ1v) is 10.9. The van der Waals surface area contributed by atoms with E-state index in [9.17, 15) is 5.11 Å². The first-order valence-electron chi connectivity index (χ1n) is 9.08. The van der Waals surface area contributed by atoms with Gasteiger partial charge in [0.1, 0.15) is 18.9 Å². The van der Waals surface area contributed by atoms with E-state index in [0.717, 1.165) is 45.4 Å². The van der Waals surface area contributed by atoms with Crippen LogP contribution in [0, 0.1) is 0 Å². The van der Waals surface area contributed by atoms with Crippen molar-refractivity contribution in [2.45, 2.75) is 12.1 Å². The summed E-state index contributed by atoms with van der Waals surface area (Å²) >= 11 is 5.31. The molecule has 0 saturated heterocycles. The molecule has 2 aromatic rings. The first kappa shape index (κ1) is 20.1. The zero-order valence-electron chi connectivity index (χ0n) is 15.1. The van der Waals surface area contributed by atoms with Gasteiger partial charge in [-0.3, -0.25) is 0 Å². The highest BCUT2D eigenvalue weighted by Crippen LogP contribution is 2.41. The lowest BCUT2D eigenvalue weighted by Gasteiger charge is -2.26. The lowest BCUT2D eigenvalue weighted by Crippen LogP contribution is -3.00. The van der Waals surface area contributed by atoms with Crippen LogP contribution in [0.3, 0.4) is 0 Å². The quantitative estimate of drug-likeness (QED) is 0.573. The maximum Gasteiger partial charge on any atom is 0.316 e. The lowest BCUT2D eigenvalue weighted by atomic mass is 10.0. The van der Waals surface area contributed by atoms with Crippen molar-refractivity contribution in [2.24, 2.45) is 0 Å². The third-order valence-electron chi connectivity index (χ3n) is 5.19. The molecule has 148 valence electrons. The minimum atomic E-state index is -1.09. The van der Waals surface area contributed by atoms with Crippen molar-refractivity contribution in [3.63, 3.8) is 0 Å². The van der Waals surface area contributed by atoms with Crippen LogP contribution in [0.5, 0.6) is 11.5 Å². The van der Waals surface area contributed by atoms with Gasteiger partial charge < -0.3 is 31.6 Å². The van der Waals surface area contributed by atoms with Crippen LogP contribution < -0.4 is 31.4 Å². The third kappa shape index (κ3) is 3.34.